The average molecular weight is 503 g/mol. The highest BCUT2D eigenvalue weighted by molar-refractivity contribution is 8.26. The maximum absolute atomic E-state index is 12.1. The molecule has 1 saturated heterocycles. The van der Waals surface area contributed by atoms with Gasteiger partial charge in [0.2, 0.25) is 0 Å². The third-order valence-electron chi connectivity index (χ3n) is 4.50. The number of nitrogens with zero attached hydrogens (tertiary/aromatic N) is 1. The molecule has 1 aromatic heterocycles. The van der Waals surface area contributed by atoms with Gasteiger partial charge in [-0.2, -0.15) is 0 Å². The molecule has 1 amide bonds. The fourth-order valence-corrected chi connectivity index (χ4v) is 4.70. The SMILES string of the molecule is COc1cc(C=C2SC(=S)NC2=O)cc(-c2cc(Cl)cc(Cl)c2)c1OCc1ccccn1. The van der Waals surface area contributed by atoms with E-state index in [4.69, 9.17) is 44.9 Å². The van der Waals surface area contributed by atoms with Crippen molar-refractivity contribution < 1.29 is 14.3 Å². The summed E-state index contributed by atoms with van der Waals surface area (Å²) < 4.78 is 12.2. The Hall–Kier alpha value is -2.58. The Morgan fingerprint density at radius 2 is 1.94 bits per heavy atom. The first kappa shape index (κ1) is 22.6. The summed E-state index contributed by atoms with van der Waals surface area (Å²) in [5.41, 5.74) is 2.96. The van der Waals surface area contributed by atoms with Gasteiger partial charge in [-0.15, -0.1) is 0 Å². The molecule has 2 heterocycles. The maximum Gasteiger partial charge on any atom is 0.263 e. The van der Waals surface area contributed by atoms with E-state index in [-0.39, 0.29) is 12.5 Å². The molecule has 3 aromatic rings. The van der Waals surface area contributed by atoms with E-state index < -0.39 is 0 Å². The number of nitrogens with one attached hydrogen (secondary N) is 1. The summed E-state index contributed by atoms with van der Waals surface area (Å²) in [4.78, 5) is 16.9. The molecular formula is C23H16Cl2N2O3S2. The second kappa shape index (κ2) is 9.92. The Balaban J connectivity index is 1.82. The fourth-order valence-electron chi connectivity index (χ4n) is 3.13. The number of benzene rings is 2. The van der Waals surface area contributed by atoms with Gasteiger partial charge in [0.25, 0.3) is 5.91 Å². The van der Waals surface area contributed by atoms with Crippen LogP contribution in [0.5, 0.6) is 11.5 Å². The van der Waals surface area contributed by atoms with E-state index in [2.05, 4.69) is 10.3 Å². The summed E-state index contributed by atoms with van der Waals surface area (Å²) in [6.07, 6.45) is 3.46. The van der Waals surface area contributed by atoms with Gasteiger partial charge in [-0.25, -0.2) is 0 Å². The molecule has 4 rings (SSSR count). The minimum atomic E-state index is -0.234. The molecular weight excluding hydrogens is 487 g/mol. The van der Waals surface area contributed by atoms with Gasteiger partial charge in [0.15, 0.2) is 11.5 Å². The first-order valence-corrected chi connectivity index (χ1v) is 11.4. The lowest BCUT2D eigenvalue weighted by Crippen LogP contribution is -2.17. The lowest BCUT2D eigenvalue weighted by Gasteiger charge is -2.17. The van der Waals surface area contributed by atoms with Crippen LogP contribution >= 0.6 is 47.2 Å². The Labute approximate surface area is 204 Å². The zero-order valence-electron chi connectivity index (χ0n) is 16.7. The fraction of sp³-hybridized carbons (Fsp3) is 0.0870. The van der Waals surface area contributed by atoms with Gasteiger partial charge in [-0.1, -0.05) is 53.2 Å². The van der Waals surface area contributed by atoms with Gasteiger partial charge in [0, 0.05) is 21.8 Å². The number of thiocarbonyl (C=S) groups is 1. The topological polar surface area (TPSA) is 60.5 Å². The summed E-state index contributed by atoms with van der Waals surface area (Å²) in [7, 11) is 1.56. The molecule has 0 radical (unpaired) electrons. The third-order valence-corrected chi connectivity index (χ3v) is 6.10. The highest BCUT2D eigenvalue weighted by atomic mass is 35.5. The predicted octanol–water partition coefficient (Wildman–Crippen LogP) is 6.13. The normalized spacial score (nSPS) is 14.5. The molecule has 0 unspecified atom stereocenters. The largest absolute Gasteiger partial charge is 0.493 e. The Morgan fingerprint density at radius 3 is 2.56 bits per heavy atom. The molecule has 9 heteroatoms. The number of hydrogen-bond acceptors (Lipinski definition) is 6. The maximum atomic E-state index is 12.1. The number of rotatable bonds is 6. The van der Waals surface area contributed by atoms with Crippen LogP contribution in [0.25, 0.3) is 17.2 Å². The van der Waals surface area contributed by atoms with Gasteiger partial charge in [-0.3, -0.25) is 9.78 Å². The van der Waals surface area contributed by atoms with Crippen LogP contribution in [-0.4, -0.2) is 22.3 Å². The minimum Gasteiger partial charge on any atom is -0.493 e. The number of hydrogen-bond donors (Lipinski definition) is 1. The van der Waals surface area contributed by atoms with Crippen molar-refractivity contribution in [3.05, 3.63) is 80.9 Å². The van der Waals surface area contributed by atoms with E-state index in [1.807, 2.05) is 24.3 Å². The van der Waals surface area contributed by atoms with Gasteiger partial charge < -0.3 is 14.8 Å². The smallest absolute Gasteiger partial charge is 0.263 e. The molecule has 1 fully saturated rings. The van der Waals surface area contributed by atoms with E-state index in [0.717, 1.165) is 16.8 Å². The third kappa shape index (κ3) is 5.24. The van der Waals surface area contributed by atoms with Crippen LogP contribution in [0.15, 0.2) is 59.6 Å². The predicted molar refractivity (Wildman–Crippen MR) is 133 cm³/mol. The van der Waals surface area contributed by atoms with Gasteiger partial charge >= 0.3 is 0 Å². The number of thioether (sulfide) groups is 1. The Kier molecular flexibility index (Phi) is 7.01. The van der Waals surface area contributed by atoms with E-state index >= 15 is 0 Å². The quantitative estimate of drug-likeness (QED) is 0.323. The number of carbonyl (C=O) groups excluding carboxylic acids is 1. The molecule has 1 N–H and O–H groups in total. The number of carbonyl (C=O) groups is 1. The monoisotopic (exact) mass is 502 g/mol. The van der Waals surface area contributed by atoms with Gasteiger partial charge in [0.1, 0.15) is 10.9 Å². The lowest BCUT2D eigenvalue weighted by atomic mass is 10.0. The van der Waals surface area contributed by atoms with Crippen molar-refractivity contribution in [3.63, 3.8) is 0 Å². The molecule has 0 atom stereocenters. The summed E-state index contributed by atoms with van der Waals surface area (Å²) in [5, 5.41) is 3.59. The van der Waals surface area contributed by atoms with Crippen LogP contribution in [0.4, 0.5) is 0 Å². The number of aromatic nitrogens is 1. The molecule has 32 heavy (non-hydrogen) atoms. The first-order valence-electron chi connectivity index (χ1n) is 9.39. The number of halogens is 2. The van der Waals surface area contributed by atoms with Crippen molar-refractivity contribution in [3.8, 4) is 22.6 Å². The Bertz CT molecular complexity index is 1210. The van der Waals surface area contributed by atoms with Crippen LogP contribution in [0.3, 0.4) is 0 Å². The lowest BCUT2D eigenvalue weighted by molar-refractivity contribution is -0.115. The molecule has 5 nitrogen and oxygen atoms in total. The molecule has 1 aliphatic rings. The zero-order valence-corrected chi connectivity index (χ0v) is 19.9. The van der Waals surface area contributed by atoms with Crippen molar-refractivity contribution in [2.75, 3.05) is 7.11 Å². The van der Waals surface area contributed by atoms with Crippen molar-refractivity contribution >= 4 is 63.5 Å². The van der Waals surface area contributed by atoms with Crippen molar-refractivity contribution in [2.24, 2.45) is 0 Å². The minimum absolute atomic E-state index is 0.234. The van der Waals surface area contributed by atoms with Crippen molar-refractivity contribution in [1.82, 2.24) is 10.3 Å². The van der Waals surface area contributed by atoms with Crippen LogP contribution < -0.4 is 14.8 Å². The highest BCUT2D eigenvalue weighted by Gasteiger charge is 2.23. The van der Waals surface area contributed by atoms with E-state index in [1.54, 1.807) is 43.6 Å². The van der Waals surface area contributed by atoms with E-state index in [1.165, 1.54) is 11.8 Å². The number of amides is 1. The molecule has 0 saturated carbocycles. The van der Waals surface area contributed by atoms with E-state index in [9.17, 15) is 4.79 Å². The molecule has 2 aromatic carbocycles. The standard InChI is InChI=1S/C23H16Cl2N2O3S2/c1-29-19-7-13(8-20-22(28)27-23(31)32-20)6-18(14-9-15(24)11-16(25)10-14)21(19)30-12-17-4-2-3-5-26-17/h2-11H,12H2,1H3,(H,27,28,31). The van der Waals surface area contributed by atoms with Crippen LogP contribution in [0, 0.1) is 0 Å². The van der Waals surface area contributed by atoms with Crippen LogP contribution in [-0.2, 0) is 11.4 Å². The first-order chi connectivity index (χ1) is 15.4. The second-order valence-electron chi connectivity index (χ2n) is 6.72. The molecule has 1 aliphatic heterocycles. The summed E-state index contributed by atoms with van der Waals surface area (Å²) in [5.74, 6) is 0.770. The zero-order chi connectivity index (χ0) is 22.7. The van der Waals surface area contributed by atoms with Gasteiger partial charge in [0.05, 0.1) is 17.7 Å². The van der Waals surface area contributed by atoms with Crippen molar-refractivity contribution in [1.29, 1.82) is 0 Å². The molecule has 162 valence electrons. The van der Waals surface area contributed by atoms with Crippen LogP contribution in [0.1, 0.15) is 11.3 Å². The molecule has 0 bridgehead atoms. The van der Waals surface area contributed by atoms with E-state index in [0.29, 0.717) is 36.3 Å². The summed E-state index contributed by atoms with van der Waals surface area (Å²) in [6, 6.07) is 14.5. The van der Waals surface area contributed by atoms with Crippen LogP contribution in [0.2, 0.25) is 10.0 Å². The molecule has 0 aliphatic carbocycles. The molecule has 0 spiro atoms. The van der Waals surface area contributed by atoms with Crippen molar-refractivity contribution in [2.45, 2.75) is 6.61 Å². The summed E-state index contributed by atoms with van der Waals surface area (Å²) >= 11 is 18.8. The Morgan fingerprint density at radius 1 is 1.16 bits per heavy atom. The number of methoxy groups -OCH3 is 1. The second-order valence-corrected chi connectivity index (χ2v) is 9.31. The summed E-state index contributed by atoms with van der Waals surface area (Å²) in [6.45, 7) is 0.242. The number of ether oxygens (including phenoxy) is 2. The highest BCUT2D eigenvalue weighted by Crippen LogP contribution is 2.42. The van der Waals surface area contributed by atoms with Gasteiger partial charge in [-0.05, 0) is 59.7 Å². The number of pyridine rings is 1. The average Bonchev–Trinajstić information content (AvgIpc) is 3.08.